The second-order valence-electron chi connectivity index (χ2n) is 3.22. The van der Waals surface area contributed by atoms with Gasteiger partial charge in [0.25, 0.3) is 0 Å². The van der Waals surface area contributed by atoms with Crippen LogP contribution in [0.4, 0.5) is 0 Å². The van der Waals surface area contributed by atoms with E-state index in [0.29, 0.717) is 5.56 Å². The highest BCUT2D eigenvalue weighted by atomic mass is 15.3. The van der Waals surface area contributed by atoms with Gasteiger partial charge in [-0.15, -0.1) is 0 Å². The fraction of sp³-hybridized carbons (Fsp3) is 0.167. The van der Waals surface area contributed by atoms with Crippen LogP contribution in [-0.4, -0.2) is 9.78 Å². The lowest BCUT2D eigenvalue weighted by atomic mass is 10.2. The minimum Gasteiger partial charge on any atom is -0.236 e. The van der Waals surface area contributed by atoms with Gasteiger partial charge in [0.2, 0.25) is 0 Å². The highest BCUT2D eigenvalue weighted by Gasteiger charge is 2.06. The molecule has 3 heteroatoms. The van der Waals surface area contributed by atoms with Crippen LogP contribution in [0.25, 0.3) is 5.69 Å². The molecule has 1 aromatic heterocycles. The molecule has 0 amide bonds. The quantitative estimate of drug-likeness (QED) is 0.741. The monoisotopic (exact) mass is 197 g/mol. The van der Waals surface area contributed by atoms with E-state index in [1.54, 1.807) is 12.3 Å². The van der Waals surface area contributed by atoms with E-state index in [4.69, 9.17) is 5.26 Å². The largest absolute Gasteiger partial charge is 0.236 e. The molecule has 0 aliphatic heterocycles. The van der Waals surface area contributed by atoms with Crippen molar-refractivity contribution in [3.8, 4) is 11.8 Å². The first-order valence-electron chi connectivity index (χ1n) is 4.89. The molecule has 0 atom stereocenters. The summed E-state index contributed by atoms with van der Waals surface area (Å²) in [4.78, 5) is 0. The van der Waals surface area contributed by atoms with Gasteiger partial charge in [0.05, 0.1) is 11.3 Å². The van der Waals surface area contributed by atoms with Crippen molar-refractivity contribution in [1.82, 2.24) is 9.78 Å². The van der Waals surface area contributed by atoms with Gasteiger partial charge in [-0.05, 0) is 24.6 Å². The molecule has 0 saturated carbocycles. The molecule has 0 aliphatic carbocycles. The second-order valence-corrected chi connectivity index (χ2v) is 3.22. The summed E-state index contributed by atoms with van der Waals surface area (Å²) in [5.41, 5.74) is 2.61. The van der Waals surface area contributed by atoms with E-state index in [1.165, 1.54) is 0 Å². The van der Waals surface area contributed by atoms with Crippen LogP contribution >= 0.6 is 0 Å². The third-order valence-corrected chi connectivity index (χ3v) is 2.34. The van der Waals surface area contributed by atoms with Crippen molar-refractivity contribution in [2.24, 2.45) is 0 Å². The number of aromatic nitrogens is 2. The van der Waals surface area contributed by atoms with Gasteiger partial charge < -0.3 is 0 Å². The molecule has 0 saturated heterocycles. The molecular weight excluding hydrogens is 186 g/mol. The van der Waals surface area contributed by atoms with Crippen LogP contribution in [0.3, 0.4) is 0 Å². The number of nitrogens with zero attached hydrogens (tertiary/aromatic N) is 3. The fourth-order valence-electron chi connectivity index (χ4n) is 1.57. The maximum absolute atomic E-state index is 8.99. The third kappa shape index (κ3) is 1.62. The Morgan fingerprint density at radius 3 is 2.87 bits per heavy atom. The number of para-hydroxylation sites is 1. The molecule has 0 radical (unpaired) electrons. The number of benzene rings is 1. The SMILES string of the molecule is CCc1ccnn1-c1ccccc1C#N. The maximum atomic E-state index is 8.99. The number of hydrogen-bond donors (Lipinski definition) is 0. The molecule has 3 nitrogen and oxygen atoms in total. The maximum Gasteiger partial charge on any atom is 0.101 e. The van der Waals surface area contributed by atoms with Crippen molar-refractivity contribution in [3.05, 3.63) is 47.8 Å². The summed E-state index contributed by atoms with van der Waals surface area (Å²) in [6.07, 6.45) is 2.66. The zero-order chi connectivity index (χ0) is 10.7. The highest BCUT2D eigenvalue weighted by molar-refractivity contribution is 5.48. The van der Waals surface area contributed by atoms with Crippen molar-refractivity contribution in [2.75, 3.05) is 0 Å². The molecule has 1 aromatic carbocycles. The number of rotatable bonds is 2. The topological polar surface area (TPSA) is 41.6 Å². The molecule has 0 fully saturated rings. The van der Waals surface area contributed by atoms with Gasteiger partial charge in [-0.3, -0.25) is 0 Å². The Morgan fingerprint density at radius 2 is 2.13 bits per heavy atom. The van der Waals surface area contributed by atoms with E-state index < -0.39 is 0 Å². The zero-order valence-corrected chi connectivity index (χ0v) is 8.51. The van der Waals surface area contributed by atoms with Gasteiger partial charge in [0, 0.05) is 11.9 Å². The molecule has 15 heavy (non-hydrogen) atoms. The first kappa shape index (κ1) is 9.47. The Morgan fingerprint density at radius 1 is 1.33 bits per heavy atom. The van der Waals surface area contributed by atoms with Crippen LogP contribution in [0.5, 0.6) is 0 Å². The van der Waals surface area contributed by atoms with E-state index in [0.717, 1.165) is 17.8 Å². The predicted molar refractivity (Wildman–Crippen MR) is 57.7 cm³/mol. The van der Waals surface area contributed by atoms with Gasteiger partial charge in [-0.25, -0.2) is 4.68 Å². The molecule has 0 spiro atoms. The summed E-state index contributed by atoms with van der Waals surface area (Å²) < 4.78 is 1.82. The smallest absolute Gasteiger partial charge is 0.101 e. The summed E-state index contributed by atoms with van der Waals surface area (Å²) in [7, 11) is 0. The molecule has 0 unspecified atom stereocenters. The molecule has 0 N–H and O–H groups in total. The summed E-state index contributed by atoms with van der Waals surface area (Å²) in [5.74, 6) is 0. The predicted octanol–water partition coefficient (Wildman–Crippen LogP) is 2.31. The van der Waals surface area contributed by atoms with Crippen LogP contribution < -0.4 is 0 Å². The van der Waals surface area contributed by atoms with E-state index in [2.05, 4.69) is 18.1 Å². The Balaban J connectivity index is 2.59. The van der Waals surface area contributed by atoms with Gasteiger partial charge in [0.1, 0.15) is 6.07 Å². The minimum atomic E-state index is 0.649. The summed E-state index contributed by atoms with van der Waals surface area (Å²) in [5, 5.41) is 13.2. The minimum absolute atomic E-state index is 0.649. The Bertz CT molecular complexity index is 506. The molecule has 0 aliphatic rings. The molecule has 2 aromatic rings. The van der Waals surface area contributed by atoms with Crippen LogP contribution in [0, 0.1) is 11.3 Å². The van der Waals surface area contributed by atoms with E-state index >= 15 is 0 Å². The summed E-state index contributed by atoms with van der Waals surface area (Å²) in [6.45, 7) is 2.07. The Labute approximate surface area is 88.6 Å². The van der Waals surface area contributed by atoms with Crippen LogP contribution in [-0.2, 0) is 6.42 Å². The molecule has 2 rings (SSSR count). The van der Waals surface area contributed by atoms with Crippen molar-refractivity contribution >= 4 is 0 Å². The van der Waals surface area contributed by atoms with E-state index in [9.17, 15) is 0 Å². The molecule has 1 heterocycles. The van der Waals surface area contributed by atoms with Crippen molar-refractivity contribution < 1.29 is 0 Å². The van der Waals surface area contributed by atoms with Crippen LogP contribution in [0.15, 0.2) is 36.5 Å². The van der Waals surface area contributed by atoms with Gasteiger partial charge in [-0.1, -0.05) is 19.1 Å². The van der Waals surface area contributed by atoms with Gasteiger partial charge in [-0.2, -0.15) is 10.4 Å². The van der Waals surface area contributed by atoms with E-state index in [1.807, 2.05) is 28.9 Å². The Hall–Kier alpha value is -2.08. The number of hydrogen-bond acceptors (Lipinski definition) is 2. The molecule has 0 bridgehead atoms. The van der Waals surface area contributed by atoms with Crippen LogP contribution in [0.2, 0.25) is 0 Å². The van der Waals surface area contributed by atoms with Gasteiger partial charge in [0.15, 0.2) is 0 Å². The summed E-state index contributed by atoms with van der Waals surface area (Å²) >= 11 is 0. The average Bonchev–Trinajstić information content (AvgIpc) is 2.76. The van der Waals surface area contributed by atoms with Crippen molar-refractivity contribution in [1.29, 1.82) is 5.26 Å². The van der Waals surface area contributed by atoms with Crippen LogP contribution in [0.1, 0.15) is 18.2 Å². The standard InChI is InChI=1S/C12H11N3/c1-2-11-7-8-14-15(11)12-6-4-3-5-10(12)9-13/h3-8H,2H2,1H3. The number of aryl methyl sites for hydroxylation is 1. The lowest BCUT2D eigenvalue weighted by molar-refractivity contribution is 0.812. The highest BCUT2D eigenvalue weighted by Crippen LogP contribution is 2.15. The number of nitriles is 1. The van der Waals surface area contributed by atoms with Gasteiger partial charge >= 0.3 is 0 Å². The fourth-order valence-corrected chi connectivity index (χ4v) is 1.57. The normalized spacial score (nSPS) is 9.87. The Kier molecular flexibility index (Phi) is 2.51. The first-order chi connectivity index (χ1) is 7.36. The average molecular weight is 197 g/mol. The second kappa shape index (κ2) is 3.97. The molecule has 74 valence electrons. The van der Waals surface area contributed by atoms with E-state index in [-0.39, 0.29) is 0 Å². The van der Waals surface area contributed by atoms with Crippen molar-refractivity contribution in [2.45, 2.75) is 13.3 Å². The summed E-state index contributed by atoms with van der Waals surface area (Å²) in [6, 6.07) is 11.6. The first-order valence-corrected chi connectivity index (χ1v) is 4.89. The van der Waals surface area contributed by atoms with Crippen molar-refractivity contribution in [3.63, 3.8) is 0 Å². The third-order valence-electron chi connectivity index (χ3n) is 2.34. The molecular formula is C12H11N3. The zero-order valence-electron chi connectivity index (χ0n) is 8.51. The lowest BCUT2D eigenvalue weighted by Gasteiger charge is -2.06. The lowest BCUT2D eigenvalue weighted by Crippen LogP contribution is -2.03.